The molecule has 0 unspecified atom stereocenters. The molecule has 1 aliphatic rings. The van der Waals surface area contributed by atoms with Gasteiger partial charge < -0.3 is 19.5 Å². The van der Waals surface area contributed by atoms with Crippen LogP contribution < -0.4 is 23.8 Å². The van der Waals surface area contributed by atoms with Crippen LogP contribution in [0, 0.1) is 6.92 Å². The molecule has 1 N–H and O–H groups in total. The van der Waals surface area contributed by atoms with Gasteiger partial charge in [-0.15, -0.1) is 0 Å². The largest absolute Gasteiger partial charge is 0.496 e. The van der Waals surface area contributed by atoms with Crippen molar-refractivity contribution < 1.29 is 27.4 Å². The number of sulfonamides is 1. The molecular weight excluding hydrogens is 456 g/mol. The molecule has 0 radical (unpaired) electrons. The third kappa shape index (κ3) is 5.41. The Hall–Kier alpha value is -2.94. The molecule has 2 aromatic carbocycles. The molecule has 0 saturated heterocycles. The molecule has 2 aromatic rings. The van der Waals surface area contributed by atoms with E-state index >= 15 is 0 Å². The minimum atomic E-state index is -3.76. The van der Waals surface area contributed by atoms with Gasteiger partial charge in [-0.05, 0) is 67.6 Å². The SMILES string of the molecule is COc1cc(C)c([C@@H](C)NC(=O)[C@H](C)N(c2ccc3c(c2)OCCO3)S(C)(=O)=O)cc1C(C)C. The lowest BCUT2D eigenvalue weighted by atomic mass is 9.93. The number of methoxy groups -OCH3 is 1. The van der Waals surface area contributed by atoms with Gasteiger partial charge >= 0.3 is 0 Å². The van der Waals surface area contributed by atoms with E-state index in [2.05, 4.69) is 19.2 Å². The molecule has 0 fully saturated rings. The molecule has 34 heavy (non-hydrogen) atoms. The third-order valence-electron chi connectivity index (χ3n) is 5.93. The minimum absolute atomic E-state index is 0.243. The molecule has 186 valence electrons. The monoisotopic (exact) mass is 490 g/mol. The lowest BCUT2D eigenvalue weighted by Gasteiger charge is -2.30. The summed E-state index contributed by atoms with van der Waals surface area (Å²) in [5.41, 5.74) is 3.32. The Kier molecular flexibility index (Phi) is 7.65. The predicted octanol–water partition coefficient (Wildman–Crippen LogP) is 3.93. The number of nitrogens with zero attached hydrogens (tertiary/aromatic N) is 1. The zero-order valence-electron chi connectivity index (χ0n) is 20.8. The molecule has 0 aliphatic carbocycles. The number of amides is 1. The van der Waals surface area contributed by atoms with Crippen LogP contribution in [-0.2, 0) is 14.8 Å². The summed E-state index contributed by atoms with van der Waals surface area (Å²) in [7, 11) is -2.12. The Labute approximate surface area is 202 Å². The van der Waals surface area contributed by atoms with E-state index < -0.39 is 22.0 Å². The van der Waals surface area contributed by atoms with Crippen LogP contribution in [0.3, 0.4) is 0 Å². The van der Waals surface area contributed by atoms with Crippen molar-refractivity contribution in [2.75, 3.05) is 30.9 Å². The summed E-state index contributed by atoms with van der Waals surface area (Å²) in [5.74, 6) is 1.64. The molecule has 0 aromatic heterocycles. The van der Waals surface area contributed by atoms with Crippen LogP contribution in [0.15, 0.2) is 30.3 Å². The average molecular weight is 491 g/mol. The molecular formula is C25H34N2O6S. The highest BCUT2D eigenvalue weighted by Crippen LogP contribution is 2.36. The fraction of sp³-hybridized carbons (Fsp3) is 0.480. The molecule has 1 amide bonds. The predicted molar refractivity (Wildman–Crippen MR) is 133 cm³/mol. The number of ether oxygens (including phenoxy) is 3. The van der Waals surface area contributed by atoms with Crippen molar-refractivity contribution in [3.8, 4) is 17.2 Å². The van der Waals surface area contributed by atoms with E-state index in [1.165, 1.54) is 0 Å². The fourth-order valence-electron chi connectivity index (χ4n) is 4.20. The molecule has 8 nitrogen and oxygen atoms in total. The number of fused-ring (bicyclic) bond motifs is 1. The highest BCUT2D eigenvalue weighted by Gasteiger charge is 2.31. The van der Waals surface area contributed by atoms with Crippen LogP contribution in [0.25, 0.3) is 0 Å². The fourth-order valence-corrected chi connectivity index (χ4v) is 5.37. The van der Waals surface area contributed by atoms with E-state index in [-0.39, 0.29) is 12.0 Å². The average Bonchev–Trinajstić information content (AvgIpc) is 2.77. The highest BCUT2D eigenvalue weighted by molar-refractivity contribution is 7.92. The maximum atomic E-state index is 13.2. The molecule has 0 spiro atoms. The molecule has 2 atom stereocenters. The van der Waals surface area contributed by atoms with Gasteiger partial charge in [-0.25, -0.2) is 8.42 Å². The van der Waals surface area contributed by atoms with Gasteiger partial charge in [0.25, 0.3) is 0 Å². The van der Waals surface area contributed by atoms with Crippen LogP contribution in [0.1, 0.15) is 56.3 Å². The van der Waals surface area contributed by atoms with E-state index in [0.29, 0.717) is 30.4 Å². The first-order valence-corrected chi connectivity index (χ1v) is 13.2. The summed E-state index contributed by atoms with van der Waals surface area (Å²) >= 11 is 0. The van der Waals surface area contributed by atoms with Crippen LogP contribution >= 0.6 is 0 Å². The Morgan fingerprint density at radius 3 is 2.26 bits per heavy atom. The second kappa shape index (κ2) is 10.1. The van der Waals surface area contributed by atoms with E-state index in [1.807, 2.05) is 26.0 Å². The van der Waals surface area contributed by atoms with Gasteiger partial charge in [0.15, 0.2) is 11.5 Å². The van der Waals surface area contributed by atoms with Crippen molar-refractivity contribution in [3.63, 3.8) is 0 Å². The molecule has 0 bridgehead atoms. The first-order chi connectivity index (χ1) is 15.9. The maximum absolute atomic E-state index is 13.2. The number of rotatable bonds is 8. The molecule has 1 heterocycles. The van der Waals surface area contributed by atoms with Gasteiger partial charge in [0, 0.05) is 6.07 Å². The van der Waals surface area contributed by atoms with Gasteiger partial charge in [0.2, 0.25) is 15.9 Å². The van der Waals surface area contributed by atoms with Gasteiger partial charge in [-0.3, -0.25) is 9.10 Å². The molecule has 0 saturated carbocycles. The van der Waals surface area contributed by atoms with Gasteiger partial charge in [-0.1, -0.05) is 13.8 Å². The normalized spacial score (nSPS) is 14.9. The number of nitrogens with one attached hydrogen (secondary N) is 1. The van der Waals surface area contributed by atoms with E-state index in [4.69, 9.17) is 14.2 Å². The number of hydrogen-bond acceptors (Lipinski definition) is 6. The van der Waals surface area contributed by atoms with Crippen LogP contribution in [0.4, 0.5) is 5.69 Å². The number of anilines is 1. The van der Waals surface area contributed by atoms with Crippen molar-refractivity contribution in [2.24, 2.45) is 0 Å². The number of aryl methyl sites for hydroxylation is 1. The third-order valence-corrected chi connectivity index (χ3v) is 7.18. The number of carbonyl (C=O) groups is 1. The number of hydrogen-bond donors (Lipinski definition) is 1. The quantitative estimate of drug-likeness (QED) is 0.603. The summed E-state index contributed by atoms with van der Waals surface area (Å²) in [6.45, 7) is 10.4. The van der Waals surface area contributed by atoms with Crippen molar-refractivity contribution in [2.45, 2.75) is 52.6 Å². The van der Waals surface area contributed by atoms with Crippen molar-refractivity contribution in [1.82, 2.24) is 5.32 Å². The maximum Gasteiger partial charge on any atom is 0.244 e. The summed E-state index contributed by atoms with van der Waals surface area (Å²) in [5, 5.41) is 2.98. The van der Waals surface area contributed by atoms with Gasteiger partial charge in [0.05, 0.1) is 25.1 Å². The topological polar surface area (TPSA) is 94.2 Å². The summed E-state index contributed by atoms with van der Waals surface area (Å²) in [6.07, 6.45) is 1.08. The highest BCUT2D eigenvalue weighted by atomic mass is 32.2. The van der Waals surface area contributed by atoms with E-state index in [1.54, 1.807) is 32.2 Å². The Bertz CT molecular complexity index is 1160. The lowest BCUT2D eigenvalue weighted by molar-refractivity contribution is -0.122. The summed E-state index contributed by atoms with van der Waals surface area (Å²) < 4.78 is 43.2. The Balaban J connectivity index is 1.87. The zero-order chi connectivity index (χ0) is 25.2. The molecule has 9 heteroatoms. The Morgan fingerprint density at radius 2 is 1.68 bits per heavy atom. The van der Waals surface area contributed by atoms with Crippen LogP contribution in [-0.4, -0.2) is 46.9 Å². The number of carbonyl (C=O) groups excluding carboxylic acids is 1. The van der Waals surface area contributed by atoms with E-state index in [9.17, 15) is 13.2 Å². The van der Waals surface area contributed by atoms with E-state index in [0.717, 1.165) is 33.0 Å². The lowest BCUT2D eigenvalue weighted by Crippen LogP contribution is -2.48. The molecule has 1 aliphatic heterocycles. The second-order valence-electron chi connectivity index (χ2n) is 8.90. The smallest absolute Gasteiger partial charge is 0.244 e. The van der Waals surface area contributed by atoms with Crippen molar-refractivity contribution in [1.29, 1.82) is 0 Å². The zero-order valence-corrected chi connectivity index (χ0v) is 21.7. The standard InChI is InChI=1S/C25H34N2O6S/c1-15(2)20-14-21(16(3)12-23(20)31-6)17(4)26-25(28)18(5)27(34(7,29)30)19-8-9-22-24(13-19)33-11-10-32-22/h8-9,12-15,17-18H,10-11H2,1-7H3,(H,26,28)/t17-,18+/m1/s1. The van der Waals surface area contributed by atoms with Crippen LogP contribution in [0.2, 0.25) is 0 Å². The first-order valence-electron chi connectivity index (χ1n) is 11.3. The van der Waals surface area contributed by atoms with Gasteiger partial charge in [0.1, 0.15) is 25.0 Å². The number of benzene rings is 2. The first kappa shape index (κ1) is 25.7. The second-order valence-corrected chi connectivity index (χ2v) is 10.8. The van der Waals surface area contributed by atoms with Crippen molar-refractivity contribution >= 4 is 21.6 Å². The van der Waals surface area contributed by atoms with Crippen molar-refractivity contribution in [3.05, 3.63) is 47.0 Å². The van der Waals surface area contributed by atoms with Gasteiger partial charge in [-0.2, -0.15) is 0 Å². The summed E-state index contributed by atoms with van der Waals surface area (Å²) in [6, 6.07) is 7.56. The Morgan fingerprint density at radius 1 is 1.03 bits per heavy atom. The van der Waals surface area contributed by atoms with Crippen LogP contribution in [0.5, 0.6) is 17.2 Å². The molecule has 3 rings (SSSR count). The summed E-state index contributed by atoms with van der Waals surface area (Å²) in [4.78, 5) is 13.2. The minimum Gasteiger partial charge on any atom is -0.496 e.